The second kappa shape index (κ2) is 4.86. The molecule has 15 heavy (non-hydrogen) atoms. The summed E-state index contributed by atoms with van der Waals surface area (Å²) in [5.41, 5.74) is 0. The van der Waals surface area contributed by atoms with Crippen molar-refractivity contribution in [2.24, 2.45) is 0 Å². The molecule has 0 spiro atoms. The lowest BCUT2D eigenvalue weighted by atomic mass is 10.1. The highest BCUT2D eigenvalue weighted by atomic mass is 35.5. The largest absolute Gasteiger partial charge is 0.295 e. The van der Waals surface area contributed by atoms with Gasteiger partial charge in [0.2, 0.25) is 0 Å². The van der Waals surface area contributed by atoms with Crippen molar-refractivity contribution < 1.29 is 4.79 Å². The fraction of sp³-hybridized carbons (Fsp3) is 0.250. The van der Waals surface area contributed by atoms with Crippen LogP contribution in [0.25, 0.3) is 0 Å². The number of halogens is 1. The number of allylic oxidation sites excluding steroid dienone is 2. The summed E-state index contributed by atoms with van der Waals surface area (Å²) in [6, 6.07) is 7.70. The third-order valence-corrected chi connectivity index (χ3v) is 3.57. The lowest BCUT2D eigenvalue weighted by Gasteiger charge is -2.11. The second-order valence-corrected chi connectivity index (χ2v) is 5.12. The number of ketones is 1. The number of carbonyl (C=O) groups is 1. The Kier molecular flexibility index (Phi) is 3.49. The topological polar surface area (TPSA) is 17.1 Å². The van der Waals surface area contributed by atoms with Gasteiger partial charge in [-0.2, -0.15) is 0 Å². The number of thioether (sulfide) groups is 1. The predicted octanol–water partition coefficient (Wildman–Crippen LogP) is 4.07. The third-order valence-electron chi connectivity index (χ3n) is 2.23. The van der Waals surface area contributed by atoms with E-state index in [-0.39, 0.29) is 5.78 Å². The van der Waals surface area contributed by atoms with Crippen molar-refractivity contribution in [3.8, 4) is 0 Å². The summed E-state index contributed by atoms with van der Waals surface area (Å²) in [6.07, 6.45) is 4.46. The fourth-order valence-corrected chi connectivity index (χ4v) is 2.63. The molecule has 78 valence electrons. The molecule has 2 rings (SSSR count). The van der Waals surface area contributed by atoms with E-state index in [2.05, 4.69) is 0 Å². The first-order valence-corrected chi connectivity index (χ1v) is 6.10. The standard InChI is InChI=1S/C12H11ClOS/c13-9-4-6-11(7-5-9)15-12-3-1-2-10(14)8-12/h4-8H,1-3H2. The molecule has 1 aliphatic carbocycles. The molecule has 0 N–H and O–H groups in total. The molecule has 0 aromatic heterocycles. The number of hydrogen-bond acceptors (Lipinski definition) is 2. The molecule has 0 heterocycles. The summed E-state index contributed by atoms with van der Waals surface area (Å²) in [4.78, 5) is 13.5. The molecule has 0 fully saturated rings. The summed E-state index contributed by atoms with van der Waals surface area (Å²) in [5.74, 6) is 0.248. The van der Waals surface area contributed by atoms with Gasteiger partial charge in [-0.1, -0.05) is 23.4 Å². The molecule has 0 amide bonds. The Labute approximate surface area is 98.5 Å². The molecule has 1 nitrogen and oxygen atoms in total. The van der Waals surface area contributed by atoms with Crippen molar-refractivity contribution in [2.75, 3.05) is 0 Å². The molecular formula is C12H11ClOS. The van der Waals surface area contributed by atoms with E-state index < -0.39 is 0 Å². The van der Waals surface area contributed by atoms with Gasteiger partial charge in [-0.3, -0.25) is 4.79 Å². The minimum Gasteiger partial charge on any atom is -0.295 e. The summed E-state index contributed by atoms with van der Waals surface area (Å²) in [6.45, 7) is 0. The first-order valence-electron chi connectivity index (χ1n) is 4.91. The summed E-state index contributed by atoms with van der Waals surface area (Å²) >= 11 is 7.46. The quantitative estimate of drug-likeness (QED) is 0.773. The number of hydrogen-bond donors (Lipinski definition) is 0. The van der Waals surface area contributed by atoms with E-state index in [4.69, 9.17) is 11.6 Å². The van der Waals surface area contributed by atoms with Gasteiger partial charge >= 0.3 is 0 Å². The van der Waals surface area contributed by atoms with Gasteiger partial charge in [0.15, 0.2) is 5.78 Å². The van der Waals surface area contributed by atoms with Crippen molar-refractivity contribution in [2.45, 2.75) is 24.2 Å². The van der Waals surface area contributed by atoms with Crippen molar-refractivity contribution in [3.63, 3.8) is 0 Å². The highest BCUT2D eigenvalue weighted by Crippen LogP contribution is 2.32. The highest BCUT2D eigenvalue weighted by Gasteiger charge is 2.10. The predicted molar refractivity (Wildman–Crippen MR) is 64.3 cm³/mol. The summed E-state index contributed by atoms with van der Waals surface area (Å²) in [5, 5.41) is 0.744. The van der Waals surface area contributed by atoms with E-state index in [0.29, 0.717) is 6.42 Å². The lowest BCUT2D eigenvalue weighted by molar-refractivity contribution is -0.115. The SMILES string of the molecule is O=C1C=C(Sc2ccc(Cl)cc2)CCC1. The minimum atomic E-state index is 0.248. The van der Waals surface area contributed by atoms with Gasteiger partial charge in [0.05, 0.1) is 0 Å². The zero-order valence-electron chi connectivity index (χ0n) is 8.20. The van der Waals surface area contributed by atoms with Crippen LogP contribution in [0.15, 0.2) is 40.1 Å². The smallest absolute Gasteiger partial charge is 0.156 e. The zero-order valence-corrected chi connectivity index (χ0v) is 9.77. The maximum Gasteiger partial charge on any atom is 0.156 e. The number of benzene rings is 1. The van der Waals surface area contributed by atoms with Crippen LogP contribution in [-0.2, 0) is 4.79 Å². The number of carbonyl (C=O) groups excluding carboxylic acids is 1. The Morgan fingerprint density at radius 1 is 1.13 bits per heavy atom. The first kappa shape index (κ1) is 10.8. The van der Waals surface area contributed by atoms with Crippen LogP contribution in [0.5, 0.6) is 0 Å². The first-order chi connectivity index (χ1) is 7.24. The maximum absolute atomic E-state index is 11.2. The van der Waals surface area contributed by atoms with Gasteiger partial charge in [-0.15, -0.1) is 0 Å². The van der Waals surface area contributed by atoms with Crippen molar-refractivity contribution in [3.05, 3.63) is 40.3 Å². The zero-order chi connectivity index (χ0) is 10.7. The third kappa shape index (κ3) is 3.11. The van der Waals surface area contributed by atoms with Crippen LogP contribution in [-0.4, -0.2) is 5.78 Å². The van der Waals surface area contributed by atoms with E-state index in [1.807, 2.05) is 24.3 Å². The van der Waals surface area contributed by atoms with Gasteiger partial charge in [-0.25, -0.2) is 0 Å². The normalized spacial score (nSPS) is 16.3. The molecule has 1 aromatic carbocycles. The van der Waals surface area contributed by atoms with Crippen LogP contribution < -0.4 is 0 Å². The Bertz CT molecular complexity index is 395. The molecule has 0 saturated carbocycles. The molecule has 0 bridgehead atoms. The van der Waals surface area contributed by atoms with Gasteiger partial charge in [0, 0.05) is 16.3 Å². The van der Waals surface area contributed by atoms with Crippen molar-refractivity contribution in [1.82, 2.24) is 0 Å². The molecule has 0 radical (unpaired) electrons. The van der Waals surface area contributed by atoms with Gasteiger partial charge in [0.25, 0.3) is 0 Å². The van der Waals surface area contributed by atoms with Crippen LogP contribution in [0.2, 0.25) is 5.02 Å². The Morgan fingerprint density at radius 2 is 1.87 bits per heavy atom. The van der Waals surface area contributed by atoms with Crippen LogP contribution in [0.3, 0.4) is 0 Å². The maximum atomic E-state index is 11.2. The van der Waals surface area contributed by atoms with E-state index in [1.54, 1.807) is 17.8 Å². The summed E-state index contributed by atoms with van der Waals surface area (Å²) < 4.78 is 0. The van der Waals surface area contributed by atoms with Gasteiger partial charge < -0.3 is 0 Å². The van der Waals surface area contributed by atoms with E-state index in [1.165, 1.54) is 0 Å². The molecule has 0 atom stereocenters. The van der Waals surface area contributed by atoms with Gasteiger partial charge in [-0.05, 0) is 48.1 Å². The Hall–Kier alpha value is -0.730. The van der Waals surface area contributed by atoms with Crippen LogP contribution in [0, 0.1) is 0 Å². The van der Waals surface area contributed by atoms with Crippen LogP contribution in [0.4, 0.5) is 0 Å². The Balaban J connectivity index is 2.08. The van der Waals surface area contributed by atoms with E-state index in [0.717, 1.165) is 27.7 Å². The average molecular weight is 239 g/mol. The van der Waals surface area contributed by atoms with Crippen LogP contribution in [0.1, 0.15) is 19.3 Å². The Morgan fingerprint density at radius 3 is 2.53 bits per heavy atom. The molecule has 1 aromatic rings. The average Bonchev–Trinajstić information content (AvgIpc) is 2.22. The molecule has 0 saturated heterocycles. The van der Waals surface area contributed by atoms with Gasteiger partial charge in [0.1, 0.15) is 0 Å². The van der Waals surface area contributed by atoms with Crippen LogP contribution >= 0.6 is 23.4 Å². The second-order valence-electron chi connectivity index (χ2n) is 3.49. The van der Waals surface area contributed by atoms with Crippen molar-refractivity contribution >= 4 is 29.1 Å². The molecule has 3 heteroatoms. The molecular weight excluding hydrogens is 228 g/mol. The monoisotopic (exact) mass is 238 g/mol. The summed E-state index contributed by atoms with van der Waals surface area (Å²) in [7, 11) is 0. The van der Waals surface area contributed by atoms with Crippen molar-refractivity contribution in [1.29, 1.82) is 0 Å². The highest BCUT2D eigenvalue weighted by molar-refractivity contribution is 8.03. The molecule has 1 aliphatic rings. The lowest BCUT2D eigenvalue weighted by Crippen LogP contribution is -2.00. The minimum absolute atomic E-state index is 0.248. The fourth-order valence-electron chi connectivity index (χ4n) is 1.50. The van der Waals surface area contributed by atoms with E-state index in [9.17, 15) is 4.79 Å². The van der Waals surface area contributed by atoms with E-state index >= 15 is 0 Å². The molecule has 0 unspecified atom stereocenters. The number of rotatable bonds is 2. The molecule has 0 aliphatic heterocycles.